The van der Waals surface area contributed by atoms with Crippen LogP contribution >= 0.6 is 34.8 Å². The van der Waals surface area contributed by atoms with E-state index in [0.717, 1.165) is 14.9 Å². The van der Waals surface area contributed by atoms with Crippen molar-refractivity contribution in [2.24, 2.45) is 0 Å². The van der Waals surface area contributed by atoms with Crippen molar-refractivity contribution in [2.75, 3.05) is 10.6 Å². The molecule has 0 atom stereocenters. The maximum absolute atomic E-state index is 13.0. The highest BCUT2D eigenvalue weighted by Crippen LogP contribution is 2.19. The van der Waals surface area contributed by atoms with Crippen LogP contribution in [0.3, 0.4) is 0 Å². The summed E-state index contributed by atoms with van der Waals surface area (Å²) in [4.78, 5) is 0. The van der Waals surface area contributed by atoms with Crippen LogP contribution in [0.4, 0.5) is 15.8 Å². The molecule has 2 nitrogen and oxygen atoms in total. The first-order valence-electron chi connectivity index (χ1n) is 5.23. The summed E-state index contributed by atoms with van der Waals surface area (Å²) in [5.41, 5.74) is 1.69. The molecular weight excluding hydrogens is 362 g/mol. The van der Waals surface area contributed by atoms with Crippen LogP contribution in [0.25, 0.3) is 0 Å². The van der Waals surface area contributed by atoms with Crippen molar-refractivity contribution < 1.29 is 4.39 Å². The first-order valence-corrected chi connectivity index (χ1v) is 6.72. The zero-order valence-electron chi connectivity index (χ0n) is 9.28. The van der Waals surface area contributed by atoms with Crippen LogP contribution in [0, 0.1) is 9.39 Å². The van der Waals surface area contributed by atoms with Crippen molar-refractivity contribution >= 4 is 51.3 Å². The lowest BCUT2D eigenvalue weighted by atomic mass is 10.3. The Labute approximate surface area is 124 Å². The molecule has 0 aliphatic carbocycles. The standard InChI is InChI=1S/C13H10FIN2S/c14-9-6-7-12(11(15)8-9)17-13(18)16-10-4-2-1-3-5-10/h1-8H,(H2,16,17,18). The number of rotatable bonds is 2. The fourth-order valence-electron chi connectivity index (χ4n) is 1.40. The number of benzene rings is 2. The summed E-state index contributed by atoms with van der Waals surface area (Å²) >= 11 is 7.25. The summed E-state index contributed by atoms with van der Waals surface area (Å²) in [5.74, 6) is -0.258. The number of halogens is 2. The molecule has 0 amide bonds. The van der Waals surface area contributed by atoms with E-state index < -0.39 is 0 Å². The molecule has 0 saturated heterocycles. The monoisotopic (exact) mass is 372 g/mol. The van der Waals surface area contributed by atoms with E-state index in [1.165, 1.54) is 12.1 Å². The number of thiocarbonyl (C=S) groups is 1. The second kappa shape index (κ2) is 6.10. The van der Waals surface area contributed by atoms with Crippen LogP contribution < -0.4 is 10.6 Å². The van der Waals surface area contributed by atoms with Gasteiger partial charge in [-0.1, -0.05) is 18.2 Å². The Hall–Kier alpha value is -1.21. The predicted octanol–water partition coefficient (Wildman–Crippen LogP) is 4.24. The van der Waals surface area contributed by atoms with Crippen molar-refractivity contribution in [1.82, 2.24) is 0 Å². The smallest absolute Gasteiger partial charge is 0.175 e. The van der Waals surface area contributed by atoms with Gasteiger partial charge in [-0.3, -0.25) is 0 Å². The molecule has 0 fully saturated rings. The maximum Gasteiger partial charge on any atom is 0.175 e. The molecule has 0 spiro atoms. The number of para-hydroxylation sites is 1. The topological polar surface area (TPSA) is 24.1 Å². The van der Waals surface area contributed by atoms with Crippen LogP contribution in [-0.4, -0.2) is 5.11 Å². The molecule has 0 saturated carbocycles. The van der Waals surface area contributed by atoms with Crippen LogP contribution in [0.1, 0.15) is 0 Å². The first-order chi connectivity index (χ1) is 8.65. The van der Waals surface area contributed by atoms with Crippen molar-refractivity contribution in [2.45, 2.75) is 0 Å². The van der Waals surface area contributed by atoms with Crippen LogP contribution in [0.2, 0.25) is 0 Å². The minimum absolute atomic E-state index is 0.258. The van der Waals surface area contributed by atoms with Crippen LogP contribution in [0.15, 0.2) is 48.5 Å². The number of hydrogen-bond donors (Lipinski definition) is 2. The molecule has 18 heavy (non-hydrogen) atoms. The lowest BCUT2D eigenvalue weighted by molar-refractivity contribution is 0.627. The van der Waals surface area contributed by atoms with Gasteiger partial charge in [-0.05, 0) is 65.1 Å². The van der Waals surface area contributed by atoms with Gasteiger partial charge in [0.15, 0.2) is 5.11 Å². The largest absolute Gasteiger partial charge is 0.332 e. The Kier molecular flexibility index (Phi) is 4.48. The summed E-state index contributed by atoms with van der Waals surface area (Å²) in [6, 6.07) is 14.1. The fourth-order valence-corrected chi connectivity index (χ4v) is 2.24. The average molecular weight is 372 g/mol. The Bertz CT molecular complexity index is 560. The second-order valence-corrected chi connectivity index (χ2v) is 5.14. The van der Waals surface area contributed by atoms with Crippen molar-refractivity contribution in [3.63, 3.8) is 0 Å². The van der Waals surface area contributed by atoms with Gasteiger partial charge in [0.2, 0.25) is 0 Å². The minimum Gasteiger partial charge on any atom is -0.332 e. The van der Waals surface area contributed by atoms with E-state index in [1.807, 2.05) is 30.3 Å². The minimum atomic E-state index is -0.258. The van der Waals surface area contributed by atoms with Crippen molar-refractivity contribution in [3.05, 3.63) is 57.9 Å². The quantitative estimate of drug-likeness (QED) is 0.609. The van der Waals surface area contributed by atoms with E-state index in [4.69, 9.17) is 12.2 Å². The molecule has 2 rings (SSSR count). The van der Waals surface area contributed by atoms with Gasteiger partial charge in [0.05, 0.1) is 5.69 Å². The Morgan fingerprint density at radius 3 is 2.44 bits per heavy atom. The van der Waals surface area contributed by atoms with E-state index in [9.17, 15) is 4.39 Å². The van der Waals surface area contributed by atoms with Crippen molar-refractivity contribution in [3.8, 4) is 0 Å². The zero-order valence-corrected chi connectivity index (χ0v) is 12.3. The molecule has 92 valence electrons. The second-order valence-electron chi connectivity index (χ2n) is 3.57. The van der Waals surface area contributed by atoms with Gasteiger partial charge in [-0.25, -0.2) is 4.39 Å². The maximum atomic E-state index is 13.0. The van der Waals surface area contributed by atoms with Crippen molar-refractivity contribution in [1.29, 1.82) is 0 Å². The molecule has 0 unspecified atom stereocenters. The van der Waals surface area contributed by atoms with Gasteiger partial charge < -0.3 is 10.6 Å². The number of nitrogens with one attached hydrogen (secondary N) is 2. The third kappa shape index (κ3) is 3.64. The summed E-state index contributed by atoms with van der Waals surface area (Å²) in [6.45, 7) is 0. The molecule has 0 aliphatic heterocycles. The number of anilines is 2. The number of hydrogen-bond acceptors (Lipinski definition) is 1. The SMILES string of the molecule is Fc1ccc(NC(=S)Nc2ccccc2)c(I)c1. The third-order valence-electron chi connectivity index (χ3n) is 2.21. The zero-order chi connectivity index (χ0) is 13.0. The Morgan fingerprint density at radius 1 is 1.06 bits per heavy atom. The fraction of sp³-hybridized carbons (Fsp3) is 0. The molecule has 0 heterocycles. The molecular formula is C13H10FIN2S. The Balaban J connectivity index is 2.03. The molecule has 2 aromatic carbocycles. The molecule has 0 bridgehead atoms. The highest BCUT2D eigenvalue weighted by Gasteiger charge is 2.03. The van der Waals surface area contributed by atoms with E-state index >= 15 is 0 Å². The third-order valence-corrected chi connectivity index (χ3v) is 3.31. The highest BCUT2D eigenvalue weighted by atomic mass is 127. The molecule has 2 aromatic rings. The molecule has 0 aromatic heterocycles. The van der Waals surface area contributed by atoms with E-state index in [-0.39, 0.29) is 5.82 Å². The normalized spacial score (nSPS) is 9.89. The van der Waals surface area contributed by atoms with Gasteiger partial charge in [0.25, 0.3) is 0 Å². The summed E-state index contributed by atoms with van der Waals surface area (Å²) in [7, 11) is 0. The lowest BCUT2D eigenvalue weighted by Crippen LogP contribution is -2.19. The van der Waals surface area contributed by atoms with Gasteiger partial charge in [-0.15, -0.1) is 0 Å². The summed E-state index contributed by atoms with van der Waals surface area (Å²) < 4.78 is 13.7. The van der Waals surface area contributed by atoms with E-state index in [2.05, 4.69) is 33.2 Å². The summed E-state index contributed by atoms with van der Waals surface area (Å²) in [5, 5.41) is 6.57. The molecule has 2 N–H and O–H groups in total. The molecule has 5 heteroatoms. The van der Waals surface area contributed by atoms with Gasteiger partial charge >= 0.3 is 0 Å². The highest BCUT2D eigenvalue weighted by molar-refractivity contribution is 14.1. The molecule has 0 aliphatic rings. The van der Waals surface area contributed by atoms with E-state index in [1.54, 1.807) is 6.07 Å². The Morgan fingerprint density at radius 2 is 1.78 bits per heavy atom. The average Bonchev–Trinajstić information content (AvgIpc) is 2.34. The lowest BCUT2D eigenvalue weighted by Gasteiger charge is -2.11. The predicted molar refractivity (Wildman–Crippen MR) is 85.4 cm³/mol. The van der Waals surface area contributed by atoms with E-state index in [0.29, 0.717) is 5.11 Å². The molecule has 0 radical (unpaired) electrons. The van der Waals surface area contributed by atoms with Crippen LogP contribution in [-0.2, 0) is 0 Å². The van der Waals surface area contributed by atoms with Gasteiger partial charge in [0.1, 0.15) is 5.82 Å². The van der Waals surface area contributed by atoms with Gasteiger partial charge in [0, 0.05) is 9.26 Å². The summed E-state index contributed by atoms with van der Waals surface area (Å²) in [6.07, 6.45) is 0. The van der Waals surface area contributed by atoms with Gasteiger partial charge in [-0.2, -0.15) is 0 Å². The first kappa shape index (κ1) is 13.2. The van der Waals surface area contributed by atoms with Crippen LogP contribution in [0.5, 0.6) is 0 Å².